The van der Waals surface area contributed by atoms with E-state index in [2.05, 4.69) is 15.4 Å². The largest absolute Gasteiger partial charge is 0.494 e. The number of halogens is 5. The molecule has 0 saturated carbocycles. The number of nitrogens with zero attached hydrogens (tertiary/aromatic N) is 4. The van der Waals surface area contributed by atoms with E-state index in [0.717, 1.165) is 12.1 Å². The molecule has 0 bridgehead atoms. The lowest BCUT2D eigenvalue weighted by molar-refractivity contribution is -0.157. The number of benzene rings is 2. The highest BCUT2D eigenvalue weighted by molar-refractivity contribution is 5.81. The normalized spacial score (nSPS) is 13.7. The zero-order valence-electron chi connectivity index (χ0n) is 24.8. The van der Waals surface area contributed by atoms with E-state index in [1.165, 1.54) is 64.7 Å². The minimum Gasteiger partial charge on any atom is -0.494 e. The average molecular weight is 628 g/mol. The lowest BCUT2D eigenvalue weighted by Crippen LogP contribution is -2.32. The van der Waals surface area contributed by atoms with Gasteiger partial charge in [-0.1, -0.05) is 19.1 Å². The number of nitrogens with one attached hydrogen (secondary N) is 1. The van der Waals surface area contributed by atoms with Gasteiger partial charge in [-0.05, 0) is 69.7 Å². The van der Waals surface area contributed by atoms with Crippen LogP contribution in [0.3, 0.4) is 0 Å². The summed E-state index contributed by atoms with van der Waals surface area (Å²) in [6.45, 7) is 7.23. The average Bonchev–Trinajstić information content (AvgIpc) is 3.39. The van der Waals surface area contributed by atoms with Crippen LogP contribution in [0.4, 0.5) is 33.5 Å². The maximum Gasteiger partial charge on any atom is 0.417 e. The summed E-state index contributed by atoms with van der Waals surface area (Å²) < 4.78 is 82.9. The van der Waals surface area contributed by atoms with Crippen molar-refractivity contribution in [2.24, 2.45) is 0 Å². The number of anilines is 2. The first-order chi connectivity index (χ1) is 21.3. The quantitative estimate of drug-likeness (QED) is 0.158. The van der Waals surface area contributed by atoms with Crippen LogP contribution >= 0.6 is 0 Å². The highest BCUT2D eigenvalue weighted by Gasteiger charge is 2.36. The van der Waals surface area contributed by atoms with Crippen molar-refractivity contribution < 1.29 is 36.2 Å². The number of carbonyl (C=O) groups excluding carboxylic acids is 1. The van der Waals surface area contributed by atoms with Gasteiger partial charge in [-0.3, -0.25) is 15.4 Å². The molecule has 1 N–H and O–H groups in total. The Labute approximate surface area is 256 Å². The molecule has 13 heteroatoms. The van der Waals surface area contributed by atoms with Crippen molar-refractivity contribution in [1.29, 1.82) is 0 Å². The standard InChI is InChI=1S/C32H30F5N5O3/c1-5-15-44-20-10-11-21(22(16-20)32(35,36)37)24-12-9-19(17-38-24)28(30(43)45-31(2,3)4)41-18-39-29-26(41)13-14-42(40-29)25-8-6-7-23(33)27(25)34/h6-14,16-18,28,40H,5,15H2,1-4H3. The van der Waals surface area contributed by atoms with Crippen LogP contribution in [0.15, 0.2) is 67.3 Å². The molecule has 1 aliphatic rings. The second kappa shape index (κ2) is 12.2. The van der Waals surface area contributed by atoms with Crippen molar-refractivity contribution in [2.75, 3.05) is 17.0 Å². The van der Waals surface area contributed by atoms with Gasteiger partial charge in [0.05, 0.1) is 29.9 Å². The Kier molecular flexibility index (Phi) is 8.55. The van der Waals surface area contributed by atoms with Crippen LogP contribution in [-0.2, 0) is 15.7 Å². The van der Waals surface area contributed by atoms with Gasteiger partial charge in [0.25, 0.3) is 0 Å². The highest BCUT2D eigenvalue weighted by atomic mass is 19.4. The van der Waals surface area contributed by atoms with Crippen LogP contribution in [0, 0.1) is 11.6 Å². The van der Waals surface area contributed by atoms with Gasteiger partial charge < -0.3 is 14.0 Å². The van der Waals surface area contributed by atoms with Crippen molar-refractivity contribution in [1.82, 2.24) is 14.5 Å². The topological polar surface area (TPSA) is 81.5 Å². The monoisotopic (exact) mass is 627 g/mol. The fourth-order valence-corrected chi connectivity index (χ4v) is 4.73. The summed E-state index contributed by atoms with van der Waals surface area (Å²) in [4.78, 5) is 22.2. The SMILES string of the molecule is CCCOc1ccc(-c2ccc(C(C(=O)OC(C)(C)C)n3cnc4c3C=CN(c3cccc(F)c3F)N4)cn2)c(C(F)(F)F)c1. The van der Waals surface area contributed by atoms with Crippen molar-refractivity contribution in [2.45, 2.75) is 51.9 Å². The van der Waals surface area contributed by atoms with Crippen LogP contribution in [0.1, 0.15) is 57.0 Å². The molecule has 2 aromatic heterocycles. The summed E-state index contributed by atoms with van der Waals surface area (Å²) >= 11 is 0. The molecular formula is C32H30F5N5O3. The number of imidazole rings is 1. The summed E-state index contributed by atoms with van der Waals surface area (Å²) in [5, 5.41) is 1.24. The molecule has 4 aromatic rings. The molecule has 0 saturated heterocycles. The third-order valence-corrected chi connectivity index (χ3v) is 6.69. The van der Waals surface area contributed by atoms with Gasteiger partial charge in [0.1, 0.15) is 17.0 Å². The number of carbonyl (C=O) groups is 1. The molecule has 0 radical (unpaired) electrons. The molecule has 236 valence electrons. The second-order valence-corrected chi connectivity index (χ2v) is 11.2. The predicted molar refractivity (Wildman–Crippen MR) is 158 cm³/mol. The van der Waals surface area contributed by atoms with Crippen LogP contribution in [0.25, 0.3) is 17.3 Å². The minimum absolute atomic E-state index is 0.0399. The molecule has 2 aromatic carbocycles. The Bertz CT molecular complexity index is 1730. The van der Waals surface area contributed by atoms with Crippen molar-refractivity contribution in [3.8, 4) is 17.0 Å². The molecule has 3 heterocycles. The number of esters is 1. The first-order valence-corrected chi connectivity index (χ1v) is 14.0. The fourth-order valence-electron chi connectivity index (χ4n) is 4.73. The highest BCUT2D eigenvalue weighted by Crippen LogP contribution is 2.39. The predicted octanol–water partition coefficient (Wildman–Crippen LogP) is 7.78. The molecule has 1 unspecified atom stereocenters. The number of aromatic nitrogens is 3. The van der Waals surface area contributed by atoms with Gasteiger partial charge in [0, 0.05) is 23.5 Å². The molecule has 0 fully saturated rings. The van der Waals surface area contributed by atoms with E-state index in [1.807, 2.05) is 6.92 Å². The zero-order chi connectivity index (χ0) is 32.5. The van der Waals surface area contributed by atoms with Gasteiger partial charge >= 0.3 is 12.1 Å². The van der Waals surface area contributed by atoms with Crippen LogP contribution < -0.4 is 15.2 Å². The number of hydrogen-bond donors (Lipinski definition) is 1. The Balaban J connectivity index is 1.51. The van der Waals surface area contributed by atoms with Crippen molar-refractivity contribution >= 4 is 23.6 Å². The first-order valence-electron chi connectivity index (χ1n) is 14.0. The summed E-state index contributed by atoms with van der Waals surface area (Å²) in [7, 11) is 0. The fraction of sp³-hybridized carbons (Fsp3) is 0.281. The van der Waals surface area contributed by atoms with E-state index < -0.39 is 41.0 Å². The first kappa shape index (κ1) is 31.5. The van der Waals surface area contributed by atoms with E-state index >= 15 is 0 Å². The lowest BCUT2D eigenvalue weighted by atomic mass is 10.0. The molecule has 5 rings (SSSR count). The van der Waals surface area contributed by atoms with Gasteiger partial charge in [-0.25, -0.2) is 18.6 Å². The Hall–Kier alpha value is -4.94. The van der Waals surface area contributed by atoms with E-state index in [-0.39, 0.29) is 35.1 Å². The summed E-state index contributed by atoms with van der Waals surface area (Å²) in [5.74, 6) is -2.42. The van der Waals surface area contributed by atoms with E-state index in [4.69, 9.17) is 9.47 Å². The summed E-state index contributed by atoms with van der Waals surface area (Å²) in [5.41, 5.74) is 1.64. The van der Waals surface area contributed by atoms with Gasteiger partial charge in [0.2, 0.25) is 0 Å². The molecule has 8 nitrogen and oxygen atoms in total. The van der Waals surface area contributed by atoms with E-state index in [9.17, 15) is 26.7 Å². The number of rotatable bonds is 8. The Morgan fingerprint density at radius 1 is 1.04 bits per heavy atom. The third-order valence-electron chi connectivity index (χ3n) is 6.69. The van der Waals surface area contributed by atoms with Crippen molar-refractivity contribution in [3.63, 3.8) is 0 Å². The number of pyridine rings is 1. The zero-order valence-corrected chi connectivity index (χ0v) is 24.8. The number of hydrazine groups is 1. The molecule has 1 aliphatic heterocycles. The maximum atomic E-state index is 14.4. The summed E-state index contributed by atoms with van der Waals surface area (Å²) in [6, 6.07) is 9.20. The minimum atomic E-state index is -4.67. The number of alkyl halides is 3. The molecule has 0 amide bonds. The molecule has 45 heavy (non-hydrogen) atoms. The number of hydrogen-bond acceptors (Lipinski definition) is 7. The van der Waals surface area contributed by atoms with Crippen molar-refractivity contribution in [3.05, 3.63) is 95.7 Å². The van der Waals surface area contributed by atoms with Gasteiger partial charge in [0.15, 0.2) is 23.5 Å². The van der Waals surface area contributed by atoms with Crippen LogP contribution in [0.5, 0.6) is 5.75 Å². The van der Waals surface area contributed by atoms with E-state index in [1.54, 1.807) is 26.8 Å². The molecule has 1 atom stereocenters. The Morgan fingerprint density at radius 3 is 2.49 bits per heavy atom. The molecular weight excluding hydrogens is 597 g/mol. The maximum absolute atomic E-state index is 14.4. The molecule has 0 spiro atoms. The summed E-state index contributed by atoms with van der Waals surface area (Å²) in [6.07, 6.45) is 1.65. The smallest absolute Gasteiger partial charge is 0.417 e. The lowest BCUT2D eigenvalue weighted by Gasteiger charge is -2.28. The van der Waals surface area contributed by atoms with Gasteiger partial charge in [-0.15, -0.1) is 0 Å². The van der Waals surface area contributed by atoms with Crippen LogP contribution in [-0.4, -0.2) is 32.7 Å². The number of fused-ring (bicyclic) bond motifs is 1. The van der Waals surface area contributed by atoms with E-state index in [0.29, 0.717) is 17.7 Å². The van der Waals surface area contributed by atoms with Gasteiger partial charge in [-0.2, -0.15) is 13.2 Å². The van der Waals surface area contributed by atoms with Crippen LogP contribution in [0.2, 0.25) is 0 Å². The number of ether oxygens (including phenoxy) is 2. The Morgan fingerprint density at radius 2 is 1.82 bits per heavy atom. The third kappa shape index (κ3) is 6.76. The molecule has 0 aliphatic carbocycles. The second-order valence-electron chi connectivity index (χ2n) is 11.2.